The average Bonchev–Trinajstić information content (AvgIpc) is 2.18. The molecule has 0 saturated carbocycles. The third-order valence-electron chi connectivity index (χ3n) is 1.96. The summed E-state index contributed by atoms with van der Waals surface area (Å²) in [7, 11) is 0. The third-order valence-corrected chi connectivity index (χ3v) is 2.95. The van der Waals surface area contributed by atoms with Crippen molar-refractivity contribution in [2.45, 2.75) is 12.2 Å². The molecule has 5 heteroatoms. The zero-order chi connectivity index (χ0) is 9.26. The number of fused-ring (bicyclic) bond motifs is 1. The number of carbonyl (C=O) groups excluding carboxylic acids is 1. The summed E-state index contributed by atoms with van der Waals surface area (Å²) in [5.41, 5.74) is 1.34. The molecule has 2 heterocycles. The Labute approximate surface area is 78.8 Å². The van der Waals surface area contributed by atoms with Crippen LogP contribution in [0.2, 0.25) is 0 Å². The van der Waals surface area contributed by atoms with Crippen LogP contribution in [0.4, 0.5) is 0 Å². The van der Waals surface area contributed by atoms with E-state index in [-0.39, 0.29) is 11.4 Å². The largest absolute Gasteiger partial charge is 0.304 e. The van der Waals surface area contributed by atoms with Crippen molar-refractivity contribution in [3.8, 4) is 0 Å². The number of aromatic nitrogens is 2. The molecule has 1 aromatic rings. The van der Waals surface area contributed by atoms with E-state index in [2.05, 4.69) is 9.97 Å². The van der Waals surface area contributed by atoms with Gasteiger partial charge >= 0.3 is 0 Å². The van der Waals surface area contributed by atoms with E-state index in [1.807, 2.05) is 0 Å². The molecule has 0 radical (unpaired) electrons. The fourth-order valence-electron chi connectivity index (χ4n) is 1.32. The van der Waals surface area contributed by atoms with Crippen molar-refractivity contribution in [2.24, 2.45) is 0 Å². The lowest BCUT2D eigenvalue weighted by molar-refractivity contribution is 0.111. The number of aldehydes is 1. The van der Waals surface area contributed by atoms with Gasteiger partial charge in [-0.25, -0.2) is 4.98 Å². The highest BCUT2D eigenvalue weighted by Crippen LogP contribution is 2.19. The van der Waals surface area contributed by atoms with Gasteiger partial charge in [-0.3, -0.25) is 9.59 Å². The Morgan fingerprint density at radius 3 is 3.15 bits per heavy atom. The van der Waals surface area contributed by atoms with Gasteiger partial charge in [-0.15, -0.1) is 0 Å². The molecule has 0 unspecified atom stereocenters. The number of carbonyl (C=O) groups is 1. The number of nitrogens with one attached hydrogen (secondary N) is 1. The van der Waals surface area contributed by atoms with E-state index in [1.165, 1.54) is 0 Å². The van der Waals surface area contributed by atoms with Crippen LogP contribution >= 0.6 is 11.8 Å². The van der Waals surface area contributed by atoms with Crippen molar-refractivity contribution >= 4 is 18.0 Å². The van der Waals surface area contributed by atoms with Crippen LogP contribution in [0.5, 0.6) is 0 Å². The predicted octanol–water partition coefficient (Wildman–Crippen LogP) is 0.372. The molecule has 0 aromatic carbocycles. The minimum atomic E-state index is -0.167. The number of hydrogen-bond acceptors (Lipinski definition) is 4. The number of H-pyrrole nitrogens is 1. The SMILES string of the molecule is O=Cc1nc2c(c(=O)[nH]1)CSCC2. The molecule has 68 valence electrons. The van der Waals surface area contributed by atoms with Crippen LogP contribution in [0, 0.1) is 0 Å². The number of aryl methyl sites for hydroxylation is 1. The summed E-state index contributed by atoms with van der Waals surface area (Å²) >= 11 is 1.72. The van der Waals surface area contributed by atoms with E-state index in [0.29, 0.717) is 12.0 Å². The molecule has 1 aliphatic heterocycles. The molecule has 1 aromatic heterocycles. The van der Waals surface area contributed by atoms with Crippen LogP contribution in [0.25, 0.3) is 0 Å². The van der Waals surface area contributed by atoms with Crippen LogP contribution in [0.3, 0.4) is 0 Å². The molecule has 0 bridgehead atoms. The van der Waals surface area contributed by atoms with Gasteiger partial charge < -0.3 is 4.98 Å². The Hall–Kier alpha value is -1.10. The number of hydrogen-bond donors (Lipinski definition) is 1. The van der Waals surface area contributed by atoms with Crippen LogP contribution < -0.4 is 5.56 Å². The summed E-state index contributed by atoms with van der Waals surface area (Å²) in [6, 6.07) is 0. The van der Waals surface area contributed by atoms with E-state index in [0.717, 1.165) is 23.4 Å². The van der Waals surface area contributed by atoms with Crippen molar-refractivity contribution in [1.29, 1.82) is 0 Å². The predicted molar refractivity (Wildman–Crippen MR) is 50.1 cm³/mol. The molecule has 1 aliphatic rings. The molecule has 1 N–H and O–H groups in total. The number of thioether (sulfide) groups is 1. The standard InChI is InChI=1S/C8H8N2O2S/c11-3-7-9-6-1-2-13-4-5(6)8(12)10-7/h3H,1-2,4H2,(H,9,10,12). The summed E-state index contributed by atoms with van der Waals surface area (Å²) in [6.45, 7) is 0. The van der Waals surface area contributed by atoms with E-state index in [9.17, 15) is 9.59 Å². The molecule has 0 saturated heterocycles. The zero-order valence-corrected chi connectivity index (χ0v) is 7.69. The molecule has 0 spiro atoms. The van der Waals surface area contributed by atoms with Gasteiger partial charge in [0.1, 0.15) is 0 Å². The third kappa shape index (κ3) is 1.51. The van der Waals surface area contributed by atoms with Gasteiger partial charge in [0.25, 0.3) is 5.56 Å². The van der Waals surface area contributed by atoms with E-state index in [4.69, 9.17) is 0 Å². The lowest BCUT2D eigenvalue weighted by Crippen LogP contribution is -2.22. The Balaban J connectivity index is 2.59. The second kappa shape index (κ2) is 3.33. The van der Waals surface area contributed by atoms with Crippen LogP contribution in [0.15, 0.2) is 4.79 Å². The second-order valence-corrected chi connectivity index (χ2v) is 3.90. The highest BCUT2D eigenvalue weighted by Gasteiger charge is 2.15. The van der Waals surface area contributed by atoms with Crippen molar-refractivity contribution in [3.63, 3.8) is 0 Å². The summed E-state index contributed by atoms with van der Waals surface area (Å²) in [5.74, 6) is 1.81. The van der Waals surface area contributed by atoms with Gasteiger partial charge in [-0.2, -0.15) is 11.8 Å². The first-order chi connectivity index (χ1) is 6.31. The van der Waals surface area contributed by atoms with E-state index >= 15 is 0 Å². The van der Waals surface area contributed by atoms with Gasteiger partial charge in [0, 0.05) is 11.3 Å². The Morgan fingerprint density at radius 2 is 2.38 bits per heavy atom. The maximum Gasteiger partial charge on any atom is 0.255 e. The van der Waals surface area contributed by atoms with Gasteiger partial charge in [0.15, 0.2) is 12.1 Å². The second-order valence-electron chi connectivity index (χ2n) is 2.80. The molecule has 4 nitrogen and oxygen atoms in total. The molecular weight excluding hydrogens is 188 g/mol. The van der Waals surface area contributed by atoms with Gasteiger partial charge in [-0.05, 0) is 12.2 Å². The van der Waals surface area contributed by atoms with Gasteiger partial charge in [0.05, 0.1) is 5.69 Å². The van der Waals surface area contributed by atoms with Crippen molar-refractivity contribution in [3.05, 3.63) is 27.4 Å². The smallest absolute Gasteiger partial charge is 0.255 e. The van der Waals surface area contributed by atoms with Crippen molar-refractivity contribution < 1.29 is 4.79 Å². The maximum absolute atomic E-state index is 11.4. The minimum absolute atomic E-state index is 0.135. The van der Waals surface area contributed by atoms with Crippen molar-refractivity contribution in [1.82, 2.24) is 9.97 Å². The lowest BCUT2D eigenvalue weighted by Gasteiger charge is -2.12. The first-order valence-electron chi connectivity index (χ1n) is 3.96. The minimum Gasteiger partial charge on any atom is -0.304 e. The fourth-order valence-corrected chi connectivity index (χ4v) is 2.30. The molecule has 0 fully saturated rings. The molecule has 2 rings (SSSR count). The van der Waals surface area contributed by atoms with E-state index in [1.54, 1.807) is 11.8 Å². The molecular formula is C8H8N2O2S. The summed E-state index contributed by atoms with van der Waals surface area (Å²) in [5, 5.41) is 0. The highest BCUT2D eigenvalue weighted by atomic mass is 32.2. The zero-order valence-electron chi connectivity index (χ0n) is 6.87. The lowest BCUT2D eigenvalue weighted by atomic mass is 10.2. The molecule has 13 heavy (non-hydrogen) atoms. The monoisotopic (exact) mass is 196 g/mol. The van der Waals surface area contributed by atoms with Crippen LogP contribution in [0.1, 0.15) is 21.9 Å². The average molecular weight is 196 g/mol. The summed E-state index contributed by atoms with van der Waals surface area (Å²) in [6.07, 6.45) is 1.36. The molecule has 0 atom stereocenters. The Bertz CT molecular complexity index is 400. The van der Waals surface area contributed by atoms with Crippen molar-refractivity contribution in [2.75, 3.05) is 5.75 Å². The van der Waals surface area contributed by atoms with Crippen LogP contribution in [-0.2, 0) is 12.2 Å². The fraction of sp³-hybridized carbons (Fsp3) is 0.375. The quantitative estimate of drug-likeness (QED) is 0.659. The number of aromatic amines is 1. The molecule has 0 amide bonds. The first kappa shape index (κ1) is 8.50. The number of rotatable bonds is 1. The van der Waals surface area contributed by atoms with E-state index < -0.39 is 0 Å². The number of nitrogens with zero attached hydrogens (tertiary/aromatic N) is 1. The van der Waals surface area contributed by atoms with Gasteiger partial charge in [0.2, 0.25) is 0 Å². The molecule has 0 aliphatic carbocycles. The topological polar surface area (TPSA) is 62.8 Å². The van der Waals surface area contributed by atoms with Gasteiger partial charge in [-0.1, -0.05) is 0 Å². The normalized spacial score (nSPS) is 15.1. The maximum atomic E-state index is 11.4. The summed E-state index contributed by atoms with van der Waals surface area (Å²) in [4.78, 5) is 28.3. The Morgan fingerprint density at radius 1 is 1.54 bits per heavy atom. The highest BCUT2D eigenvalue weighted by molar-refractivity contribution is 7.98. The first-order valence-corrected chi connectivity index (χ1v) is 5.11. The Kier molecular flexibility index (Phi) is 2.18. The summed E-state index contributed by atoms with van der Waals surface area (Å²) < 4.78 is 0. The van der Waals surface area contributed by atoms with Crippen LogP contribution in [-0.4, -0.2) is 22.0 Å².